The Balaban J connectivity index is 2.23. The van der Waals surface area contributed by atoms with Gasteiger partial charge in [-0.05, 0) is 31.2 Å². The minimum Gasteiger partial charge on any atom is -0.507 e. The molecule has 1 atom stereocenters. The van der Waals surface area contributed by atoms with Crippen LogP contribution in [0.1, 0.15) is 18.5 Å². The fourth-order valence-corrected chi connectivity index (χ4v) is 2.09. The van der Waals surface area contributed by atoms with Crippen molar-refractivity contribution in [3.05, 3.63) is 42.0 Å². The van der Waals surface area contributed by atoms with Gasteiger partial charge in [0.1, 0.15) is 11.5 Å². The number of methoxy groups -OCH3 is 1. The van der Waals surface area contributed by atoms with Crippen LogP contribution in [0.15, 0.2) is 36.4 Å². The summed E-state index contributed by atoms with van der Waals surface area (Å²) < 4.78 is 4.97. The minimum atomic E-state index is -0.330. The molecule has 2 aromatic carbocycles. The molecule has 2 aromatic rings. The zero-order valence-corrected chi connectivity index (χ0v) is 11.3. The van der Waals surface area contributed by atoms with Crippen LogP contribution in [-0.2, 0) is 0 Å². The summed E-state index contributed by atoms with van der Waals surface area (Å²) in [7, 11) is 1.48. The van der Waals surface area contributed by atoms with E-state index >= 15 is 0 Å². The molecule has 0 fully saturated rings. The molecular formula is C15H17NO4. The van der Waals surface area contributed by atoms with Gasteiger partial charge in [-0.1, -0.05) is 6.07 Å². The number of hydrogen-bond acceptors (Lipinski definition) is 5. The number of aromatic hydroxyl groups is 3. The van der Waals surface area contributed by atoms with E-state index in [-0.39, 0.29) is 23.3 Å². The average molecular weight is 275 g/mol. The van der Waals surface area contributed by atoms with E-state index in [9.17, 15) is 15.3 Å². The lowest BCUT2D eigenvalue weighted by Crippen LogP contribution is -2.07. The van der Waals surface area contributed by atoms with E-state index in [1.54, 1.807) is 25.1 Å². The maximum absolute atomic E-state index is 9.81. The van der Waals surface area contributed by atoms with Gasteiger partial charge in [0, 0.05) is 11.8 Å². The van der Waals surface area contributed by atoms with Crippen molar-refractivity contribution in [1.82, 2.24) is 0 Å². The Hall–Kier alpha value is -2.56. The predicted molar refractivity (Wildman–Crippen MR) is 76.5 cm³/mol. The molecule has 0 aliphatic heterocycles. The van der Waals surface area contributed by atoms with Crippen LogP contribution in [-0.4, -0.2) is 22.4 Å². The molecule has 4 N–H and O–H groups in total. The second kappa shape index (κ2) is 5.61. The zero-order chi connectivity index (χ0) is 14.7. The molecule has 0 saturated carbocycles. The van der Waals surface area contributed by atoms with Gasteiger partial charge in [-0.3, -0.25) is 0 Å². The molecule has 0 amide bonds. The molecule has 20 heavy (non-hydrogen) atoms. The molecular weight excluding hydrogens is 258 g/mol. The van der Waals surface area contributed by atoms with Gasteiger partial charge in [0.25, 0.3) is 0 Å². The number of ether oxygens (including phenoxy) is 1. The Kier molecular flexibility index (Phi) is 3.89. The van der Waals surface area contributed by atoms with Crippen LogP contribution in [0.3, 0.4) is 0 Å². The Bertz CT molecular complexity index is 593. The highest BCUT2D eigenvalue weighted by Gasteiger charge is 2.15. The monoisotopic (exact) mass is 275 g/mol. The van der Waals surface area contributed by atoms with Gasteiger partial charge in [0.2, 0.25) is 0 Å². The number of anilines is 1. The fraction of sp³-hybridized carbons (Fsp3) is 0.200. The van der Waals surface area contributed by atoms with Gasteiger partial charge in [0.05, 0.1) is 18.7 Å². The van der Waals surface area contributed by atoms with Crippen molar-refractivity contribution in [3.8, 4) is 23.0 Å². The highest BCUT2D eigenvalue weighted by atomic mass is 16.5. The zero-order valence-electron chi connectivity index (χ0n) is 11.3. The number of nitrogens with one attached hydrogen (secondary N) is 1. The molecule has 0 aromatic heterocycles. The van der Waals surface area contributed by atoms with Gasteiger partial charge >= 0.3 is 0 Å². The summed E-state index contributed by atoms with van der Waals surface area (Å²) in [5.74, 6) is 0.435. The molecule has 5 heteroatoms. The molecule has 106 valence electrons. The first kappa shape index (κ1) is 13.9. The van der Waals surface area contributed by atoms with E-state index < -0.39 is 0 Å². The SMILES string of the molecule is COc1ccc(NC(C)c2c(O)cccc2O)cc1O. The van der Waals surface area contributed by atoms with E-state index in [2.05, 4.69) is 5.32 Å². The minimum absolute atomic E-state index is 0.0164. The van der Waals surface area contributed by atoms with Crippen LogP contribution in [0.5, 0.6) is 23.0 Å². The molecule has 0 heterocycles. The molecule has 0 radical (unpaired) electrons. The second-order valence-corrected chi connectivity index (χ2v) is 4.46. The van der Waals surface area contributed by atoms with Crippen molar-refractivity contribution < 1.29 is 20.1 Å². The molecule has 0 aliphatic rings. The maximum Gasteiger partial charge on any atom is 0.160 e. The van der Waals surface area contributed by atoms with Gasteiger partial charge in [-0.2, -0.15) is 0 Å². The average Bonchev–Trinajstić information content (AvgIpc) is 2.38. The fourth-order valence-electron chi connectivity index (χ4n) is 2.09. The first-order valence-electron chi connectivity index (χ1n) is 6.17. The van der Waals surface area contributed by atoms with Crippen LogP contribution in [0.2, 0.25) is 0 Å². The highest BCUT2D eigenvalue weighted by Crippen LogP contribution is 2.35. The molecule has 0 spiro atoms. The summed E-state index contributed by atoms with van der Waals surface area (Å²) in [6.45, 7) is 1.80. The van der Waals surface area contributed by atoms with Crippen LogP contribution >= 0.6 is 0 Å². The summed E-state index contributed by atoms with van der Waals surface area (Å²) in [6.07, 6.45) is 0. The number of benzene rings is 2. The quantitative estimate of drug-likeness (QED) is 0.689. The first-order chi connectivity index (χ1) is 9.52. The third-order valence-electron chi connectivity index (χ3n) is 3.06. The highest BCUT2D eigenvalue weighted by molar-refractivity contribution is 5.56. The summed E-state index contributed by atoms with van der Waals surface area (Å²) in [5, 5.41) is 32.4. The van der Waals surface area contributed by atoms with E-state index in [4.69, 9.17) is 4.74 Å². The van der Waals surface area contributed by atoms with Gasteiger partial charge in [-0.25, -0.2) is 0 Å². The Morgan fingerprint density at radius 3 is 2.20 bits per heavy atom. The van der Waals surface area contributed by atoms with Crippen LogP contribution in [0.4, 0.5) is 5.69 Å². The first-order valence-corrected chi connectivity index (χ1v) is 6.17. The van der Waals surface area contributed by atoms with Crippen molar-refractivity contribution in [1.29, 1.82) is 0 Å². The van der Waals surface area contributed by atoms with Crippen molar-refractivity contribution in [3.63, 3.8) is 0 Å². The number of phenols is 3. The van der Waals surface area contributed by atoms with E-state index in [1.807, 2.05) is 0 Å². The number of hydrogen-bond donors (Lipinski definition) is 4. The van der Waals surface area contributed by atoms with E-state index in [0.29, 0.717) is 17.0 Å². The topological polar surface area (TPSA) is 82.0 Å². The lowest BCUT2D eigenvalue weighted by atomic mass is 10.1. The summed E-state index contributed by atoms with van der Waals surface area (Å²) in [5.41, 5.74) is 1.06. The largest absolute Gasteiger partial charge is 0.507 e. The molecule has 5 nitrogen and oxygen atoms in total. The van der Waals surface area contributed by atoms with Crippen LogP contribution in [0.25, 0.3) is 0 Å². The van der Waals surface area contributed by atoms with Crippen LogP contribution in [0, 0.1) is 0 Å². The Labute approximate surface area is 117 Å². The molecule has 2 rings (SSSR count). The third-order valence-corrected chi connectivity index (χ3v) is 3.06. The van der Waals surface area contributed by atoms with Crippen LogP contribution < -0.4 is 10.1 Å². The van der Waals surface area contributed by atoms with Crippen molar-refractivity contribution in [2.75, 3.05) is 12.4 Å². The lowest BCUT2D eigenvalue weighted by molar-refractivity contribution is 0.373. The van der Waals surface area contributed by atoms with E-state index in [1.165, 1.54) is 25.3 Å². The molecule has 0 bridgehead atoms. The number of rotatable bonds is 4. The number of phenolic OH excluding ortho intramolecular Hbond substituents is 3. The van der Waals surface area contributed by atoms with Gasteiger partial charge in [-0.15, -0.1) is 0 Å². The van der Waals surface area contributed by atoms with Crippen molar-refractivity contribution in [2.45, 2.75) is 13.0 Å². The molecule has 0 saturated heterocycles. The van der Waals surface area contributed by atoms with E-state index in [0.717, 1.165) is 0 Å². The van der Waals surface area contributed by atoms with Crippen molar-refractivity contribution in [2.24, 2.45) is 0 Å². The van der Waals surface area contributed by atoms with Gasteiger partial charge < -0.3 is 25.4 Å². The summed E-state index contributed by atoms with van der Waals surface area (Å²) >= 11 is 0. The molecule has 1 unspecified atom stereocenters. The summed E-state index contributed by atoms with van der Waals surface area (Å²) in [6, 6.07) is 9.16. The standard InChI is InChI=1S/C15H17NO4/c1-9(15-11(17)4-3-5-12(15)18)16-10-6-7-14(20-2)13(19)8-10/h3-9,16-19H,1-2H3. The Morgan fingerprint density at radius 2 is 1.65 bits per heavy atom. The molecule has 0 aliphatic carbocycles. The second-order valence-electron chi connectivity index (χ2n) is 4.46. The smallest absolute Gasteiger partial charge is 0.160 e. The van der Waals surface area contributed by atoms with Gasteiger partial charge in [0.15, 0.2) is 11.5 Å². The predicted octanol–water partition coefficient (Wildman–Crippen LogP) is 2.99. The normalized spacial score (nSPS) is 11.9. The summed E-state index contributed by atoms with van der Waals surface area (Å²) in [4.78, 5) is 0. The van der Waals surface area contributed by atoms with Crippen molar-refractivity contribution >= 4 is 5.69 Å². The third kappa shape index (κ3) is 2.71. The Morgan fingerprint density at radius 1 is 1.00 bits per heavy atom. The lowest BCUT2D eigenvalue weighted by Gasteiger charge is -2.18. The maximum atomic E-state index is 9.81.